The Bertz CT molecular complexity index is 1880. The van der Waals surface area contributed by atoms with Gasteiger partial charge in [-0.2, -0.15) is 0 Å². The number of rotatable bonds is 3. The summed E-state index contributed by atoms with van der Waals surface area (Å²) in [5.41, 5.74) is 17.4. The molecule has 0 aromatic heterocycles. The maximum atomic E-state index is 2.52. The summed E-state index contributed by atoms with van der Waals surface area (Å²) in [5, 5.41) is 2.64. The fraction of sp³-hybridized carbons (Fsp3) is 0.250. The van der Waals surface area contributed by atoms with Gasteiger partial charge in [0, 0.05) is 27.6 Å². The van der Waals surface area contributed by atoms with E-state index in [9.17, 15) is 0 Å². The van der Waals surface area contributed by atoms with Gasteiger partial charge in [0.1, 0.15) is 0 Å². The minimum atomic E-state index is -0.121. The summed E-state index contributed by atoms with van der Waals surface area (Å²) in [6.45, 7) is 18.5. The van der Waals surface area contributed by atoms with Gasteiger partial charge < -0.3 is 4.90 Å². The van der Waals surface area contributed by atoms with Crippen molar-refractivity contribution in [2.75, 3.05) is 4.90 Å². The van der Waals surface area contributed by atoms with E-state index in [1.165, 1.54) is 83.5 Å². The molecule has 1 nitrogen and oxygen atoms in total. The molecule has 0 N–H and O–H groups in total. The normalized spacial score (nSPS) is 16.1. The molecule has 0 spiro atoms. The highest BCUT2D eigenvalue weighted by Gasteiger charge is 2.50. The first kappa shape index (κ1) is 25.8. The molecule has 7 rings (SSSR count). The average Bonchev–Trinajstić information content (AvgIpc) is 3.32. The first-order chi connectivity index (χ1) is 19.5. The van der Waals surface area contributed by atoms with Crippen LogP contribution in [0, 0.1) is 27.7 Å². The highest BCUT2D eigenvalue weighted by molar-refractivity contribution is 6.17. The van der Waals surface area contributed by atoms with E-state index in [0.717, 1.165) is 0 Å². The van der Waals surface area contributed by atoms with Gasteiger partial charge >= 0.3 is 0 Å². The standard InChI is InChI=1S/C40H39N/c1-24-17-19-33(26(3)21-24)41(34-20-18-25(2)22-27(34)4)35-23-32-36(29-14-10-9-13-28(29)35)38-37(40(32,7)8)30-15-11-12-16-31(30)39(38,5)6/h9-23H,1-8H3. The van der Waals surface area contributed by atoms with E-state index in [1.54, 1.807) is 0 Å². The molecule has 2 aliphatic rings. The van der Waals surface area contributed by atoms with Crippen LogP contribution >= 0.6 is 0 Å². The summed E-state index contributed by atoms with van der Waals surface area (Å²) < 4.78 is 0. The Hall–Kier alpha value is -4.10. The molecule has 204 valence electrons. The topological polar surface area (TPSA) is 3.24 Å². The molecule has 0 amide bonds. The fourth-order valence-corrected chi connectivity index (χ4v) is 7.85. The van der Waals surface area contributed by atoms with Crippen molar-refractivity contribution in [2.45, 2.75) is 66.2 Å². The second-order valence-electron chi connectivity index (χ2n) is 13.3. The number of hydrogen-bond donors (Lipinski definition) is 0. The predicted octanol–water partition coefficient (Wildman–Crippen LogP) is 11.0. The van der Waals surface area contributed by atoms with Crippen molar-refractivity contribution >= 4 is 39.0 Å². The lowest BCUT2D eigenvalue weighted by Gasteiger charge is -2.33. The zero-order valence-electron chi connectivity index (χ0n) is 25.6. The minimum absolute atomic E-state index is 0.0560. The number of aryl methyl sites for hydroxylation is 4. The van der Waals surface area contributed by atoms with Crippen LogP contribution in [0.15, 0.2) is 91.0 Å². The third-order valence-electron chi connectivity index (χ3n) is 9.74. The van der Waals surface area contributed by atoms with Crippen LogP contribution in [0.5, 0.6) is 0 Å². The molecule has 0 radical (unpaired) electrons. The third-order valence-corrected chi connectivity index (χ3v) is 9.74. The maximum absolute atomic E-state index is 2.52. The van der Waals surface area contributed by atoms with Gasteiger partial charge in [-0.1, -0.05) is 112 Å². The molecular formula is C40H39N. The molecule has 41 heavy (non-hydrogen) atoms. The molecule has 0 atom stereocenters. The number of fused-ring (bicyclic) bond motifs is 6. The number of hydrogen-bond acceptors (Lipinski definition) is 1. The number of nitrogens with zero attached hydrogens (tertiary/aromatic N) is 1. The van der Waals surface area contributed by atoms with Crippen LogP contribution in [0.4, 0.5) is 17.1 Å². The lowest BCUT2D eigenvalue weighted by Crippen LogP contribution is -2.21. The minimum Gasteiger partial charge on any atom is -0.309 e. The maximum Gasteiger partial charge on any atom is 0.0543 e. The van der Waals surface area contributed by atoms with E-state index in [4.69, 9.17) is 0 Å². The highest BCUT2D eigenvalue weighted by Crippen LogP contribution is 2.64. The van der Waals surface area contributed by atoms with Crippen molar-refractivity contribution in [2.24, 2.45) is 0 Å². The largest absolute Gasteiger partial charge is 0.309 e. The lowest BCUT2D eigenvalue weighted by atomic mass is 9.74. The van der Waals surface area contributed by atoms with Crippen molar-refractivity contribution in [3.63, 3.8) is 0 Å². The van der Waals surface area contributed by atoms with Crippen molar-refractivity contribution in [3.05, 3.63) is 136 Å². The van der Waals surface area contributed by atoms with E-state index >= 15 is 0 Å². The van der Waals surface area contributed by atoms with Crippen LogP contribution in [0.1, 0.15) is 72.2 Å². The van der Waals surface area contributed by atoms with E-state index in [0.29, 0.717) is 0 Å². The van der Waals surface area contributed by atoms with E-state index < -0.39 is 0 Å². The molecule has 0 aliphatic heterocycles. The second kappa shape index (κ2) is 8.70. The molecular weight excluding hydrogens is 494 g/mol. The molecule has 5 aromatic rings. The summed E-state index contributed by atoms with van der Waals surface area (Å²) >= 11 is 0. The molecule has 0 heterocycles. The van der Waals surface area contributed by atoms with Gasteiger partial charge in [-0.3, -0.25) is 0 Å². The van der Waals surface area contributed by atoms with Crippen LogP contribution in [0.25, 0.3) is 21.9 Å². The molecule has 0 fully saturated rings. The monoisotopic (exact) mass is 533 g/mol. The predicted molar refractivity (Wildman–Crippen MR) is 177 cm³/mol. The first-order valence-electron chi connectivity index (χ1n) is 14.9. The van der Waals surface area contributed by atoms with E-state index in [1.807, 2.05) is 0 Å². The van der Waals surface area contributed by atoms with Crippen LogP contribution in [0.3, 0.4) is 0 Å². The summed E-state index contributed by atoms with van der Waals surface area (Å²) in [5.74, 6) is 0. The molecule has 1 heteroatoms. The zero-order valence-corrected chi connectivity index (χ0v) is 25.6. The van der Waals surface area contributed by atoms with Gasteiger partial charge in [0.25, 0.3) is 0 Å². The first-order valence-corrected chi connectivity index (χ1v) is 14.9. The SMILES string of the molecule is Cc1ccc(N(c2ccc(C)cc2C)c2cc3c(c4ccccc24)C2=C(c4ccccc4C2(C)C)C3(C)C)c(C)c1. The zero-order chi connectivity index (χ0) is 28.8. The summed E-state index contributed by atoms with van der Waals surface area (Å²) in [4.78, 5) is 2.52. The fourth-order valence-electron chi connectivity index (χ4n) is 7.85. The Morgan fingerprint density at radius 2 is 1.02 bits per heavy atom. The number of benzene rings is 5. The van der Waals surface area contributed by atoms with Crippen LogP contribution in [0.2, 0.25) is 0 Å². The average molecular weight is 534 g/mol. The van der Waals surface area contributed by atoms with Crippen molar-refractivity contribution in [1.82, 2.24) is 0 Å². The second-order valence-corrected chi connectivity index (χ2v) is 13.3. The number of allylic oxidation sites excluding steroid dienone is 2. The van der Waals surface area contributed by atoms with Crippen molar-refractivity contribution in [1.29, 1.82) is 0 Å². The summed E-state index contributed by atoms with van der Waals surface area (Å²) in [6.07, 6.45) is 0. The van der Waals surface area contributed by atoms with Gasteiger partial charge in [-0.25, -0.2) is 0 Å². The summed E-state index contributed by atoms with van der Waals surface area (Å²) in [7, 11) is 0. The van der Waals surface area contributed by atoms with E-state index in [2.05, 4.69) is 151 Å². The Balaban J connectivity index is 1.58. The molecule has 0 unspecified atom stereocenters. The van der Waals surface area contributed by atoms with Gasteiger partial charge in [-0.05, 0) is 95.8 Å². The van der Waals surface area contributed by atoms with Crippen molar-refractivity contribution < 1.29 is 0 Å². The third kappa shape index (κ3) is 3.54. The van der Waals surface area contributed by atoms with Crippen LogP contribution < -0.4 is 4.90 Å². The molecule has 0 saturated carbocycles. The Labute approximate surface area is 245 Å². The molecule has 0 bridgehead atoms. The van der Waals surface area contributed by atoms with Gasteiger partial charge in [0.15, 0.2) is 0 Å². The Morgan fingerprint density at radius 3 is 1.63 bits per heavy atom. The van der Waals surface area contributed by atoms with E-state index in [-0.39, 0.29) is 10.8 Å². The van der Waals surface area contributed by atoms with Crippen molar-refractivity contribution in [3.8, 4) is 0 Å². The number of anilines is 3. The lowest BCUT2D eigenvalue weighted by molar-refractivity contribution is 0.696. The smallest absolute Gasteiger partial charge is 0.0543 e. The summed E-state index contributed by atoms with van der Waals surface area (Å²) in [6, 6.07) is 34.4. The Morgan fingerprint density at radius 1 is 0.488 bits per heavy atom. The highest BCUT2D eigenvalue weighted by atomic mass is 15.1. The molecule has 0 saturated heterocycles. The molecule has 2 aliphatic carbocycles. The van der Waals surface area contributed by atoms with Gasteiger partial charge in [0.2, 0.25) is 0 Å². The molecule has 5 aromatic carbocycles. The van der Waals surface area contributed by atoms with Gasteiger partial charge in [-0.15, -0.1) is 0 Å². The quantitative estimate of drug-likeness (QED) is 0.223. The Kier molecular flexibility index (Phi) is 5.48. The van der Waals surface area contributed by atoms with Gasteiger partial charge in [0.05, 0.1) is 5.69 Å². The van der Waals surface area contributed by atoms with Crippen LogP contribution in [-0.2, 0) is 10.8 Å². The van der Waals surface area contributed by atoms with Crippen LogP contribution in [-0.4, -0.2) is 0 Å².